The minimum absolute atomic E-state index is 0.0122. The maximum Gasteiger partial charge on any atom is 0.244 e. The molecule has 5 heteroatoms. The number of aryl methyl sites for hydroxylation is 1. The zero-order chi connectivity index (χ0) is 12.3. The number of carbonyl (C=O) groups is 1. The molecule has 0 aliphatic heterocycles. The lowest BCUT2D eigenvalue weighted by Gasteiger charge is -2.19. The lowest BCUT2D eigenvalue weighted by molar-refractivity contribution is -0.129. The van der Waals surface area contributed by atoms with Crippen molar-refractivity contribution < 1.29 is 4.79 Å². The number of hydrogen-bond donors (Lipinski definition) is 2. The van der Waals surface area contributed by atoms with Crippen molar-refractivity contribution in [2.45, 2.75) is 19.9 Å². The van der Waals surface area contributed by atoms with Crippen LogP contribution < -0.4 is 11.1 Å². The number of aromatic nitrogens is 1. The fourth-order valence-corrected chi connectivity index (χ4v) is 1.37. The third kappa shape index (κ3) is 2.85. The molecule has 0 aromatic carbocycles. The predicted molar refractivity (Wildman–Crippen MR) is 65.2 cm³/mol. The molecule has 0 saturated carbocycles. The molecule has 0 aliphatic carbocycles. The van der Waals surface area contributed by atoms with E-state index in [0.717, 1.165) is 5.56 Å². The van der Waals surface area contributed by atoms with Crippen molar-refractivity contribution in [1.29, 1.82) is 0 Å². The van der Waals surface area contributed by atoms with Crippen LogP contribution in [0.3, 0.4) is 0 Å². The molecule has 1 heterocycles. The molecule has 0 fully saturated rings. The first-order valence-electron chi connectivity index (χ1n) is 5.11. The zero-order valence-electron chi connectivity index (χ0n) is 10.1. The summed E-state index contributed by atoms with van der Waals surface area (Å²) in [4.78, 5) is 17.3. The van der Waals surface area contributed by atoms with Crippen LogP contribution in [0.4, 0.5) is 11.5 Å². The van der Waals surface area contributed by atoms with Gasteiger partial charge in [0.1, 0.15) is 11.9 Å². The molecule has 1 atom stereocenters. The number of hydrogen-bond acceptors (Lipinski definition) is 4. The molecule has 1 aromatic heterocycles. The van der Waals surface area contributed by atoms with Crippen LogP contribution in [0.1, 0.15) is 12.5 Å². The third-order valence-corrected chi connectivity index (χ3v) is 2.22. The summed E-state index contributed by atoms with van der Waals surface area (Å²) in [6.45, 7) is 3.70. The van der Waals surface area contributed by atoms with Crippen LogP contribution in [0.5, 0.6) is 0 Å². The first-order chi connectivity index (χ1) is 7.41. The van der Waals surface area contributed by atoms with Gasteiger partial charge in [-0.2, -0.15) is 0 Å². The standard InChI is InChI=1S/C11H18N4O/c1-7-5-9(12)10(13-6-7)14-8(2)11(16)15(3)4/h5-6,8H,12H2,1-4H3,(H,13,14). The van der Waals surface area contributed by atoms with E-state index in [1.54, 1.807) is 27.2 Å². The zero-order valence-corrected chi connectivity index (χ0v) is 10.1. The van der Waals surface area contributed by atoms with E-state index in [4.69, 9.17) is 5.73 Å². The number of nitrogens with zero attached hydrogens (tertiary/aromatic N) is 2. The molecule has 0 bridgehead atoms. The average molecular weight is 222 g/mol. The molecular weight excluding hydrogens is 204 g/mol. The molecule has 3 N–H and O–H groups in total. The van der Waals surface area contributed by atoms with E-state index in [0.29, 0.717) is 11.5 Å². The van der Waals surface area contributed by atoms with Gasteiger partial charge >= 0.3 is 0 Å². The van der Waals surface area contributed by atoms with E-state index < -0.39 is 0 Å². The van der Waals surface area contributed by atoms with E-state index in [1.807, 2.05) is 13.0 Å². The van der Waals surface area contributed by atoms with Crippen molar-refractivity contribution in [3.8, 4) is 0 Å². The lowest BCUT2D eigenvalue weighted by atomic mass is 10.2. The van der Waals surface area contributed by atoms with Gasteiger partial charge in [0, 0.05) is 20.3 Å². The van der Waals surface area contributed by atoms with Crippen molar-refractivity contribution >= 4 is 17.4 Å². The SMILES string of the molecule is Cc1cnc(NC(C)C(=O)N(C)C)c(N)c1. The first-order valence-corrected chi connectivity index (χ1v) is 5.11. The fourth-order valence-electron chi connectivity index (χ4n) is 1.37. The second-order valence-electron chi connectivity index (χ2n) is 4.05. The van der Waals surface area contributed by atoms with E-state index in [2.05, 4.69) is 10.3 Å². The number of nitrogens with two attached hydrogens (primary N) is 1. The number of pyridine rings is 1. The minimum Gasteiger partial charge on any atom is -0.396 e. The summed E-state index contributed by atoms with van der Waals surface area (Å²) in [7, 11) is 3.43. The molecule has 0 saturated heterocycles. The average Bonchev–Trinajstić information content (AvgIpc) is 2.20. The van der Waals surface area contributed by atoms with Gasteiger partial charge in [-0.15, -0.1) is 0 Å². The molecule has 0 spiro atoms. The van der Waals surface area contributed by atoms with E-state index >= 15 is 0 Å². The highest BCUT2D eigenvalue weighted by Gasteiger charge is 2.15. The second-order valence-corrected chi connectivity index (χ2v) is 4.05. The van der Waals surface area contributed by atoms with Gasteiger partial charge in [0.25, 0.3) is 0 Å². The Morgan fingerprint density at radius 1 is 1.56 bits per heavy atom. The molecule has 88 valence electrons. The topological polar surface area (TPSA) is 71.2 Å². The fraction of sp³-hybridized carbons (Fsp3) is 0.455. The molecule has 1 aromatic rings. The molecule has 5 nitrogen and oxygen atoms in total. The molecular formula is C11H18N4O. The highest BCUT2D eigenvalue weighted by molar-refractivity contribution is 5.84. The van der Waals surface area contributed by atoms with Crippen molar-refractivity contribution in [3.05, 3.63) is 17.8 Å². The Morgan fingerprint density at radius 3 is 2.69 bits per heavy atom. The van der Waals surface area contributed by atoms with Crippen LogP contribution in [-0.4, -0.2) is 35.9 Å². The largest absolute Gasteiger partial charge is 0.396 e. The molecule has 16 heavy (non-hydrogen) atoms. The number of likely N-dealkylation sites (N-methyl/N-ethyl adjacent to an activating group) is 1. The van der Waals surface area contributed by atoms with Gasteiger partial charge < -0.3 is 16.0 Å². The molecule has 1 amide bonds. The first kappa shape index (κ1) is 12.3. The molecule has 1 rings (SSSR count). The van der Waals surface area contributed by atoms with Crippen molar-refractivity contribution in [2.24, 2.45) is 0 Å². The normalized spacial score (nSPS) is 12.0. The highest BCUT2D eigenvalue weighted by Crippen LogP contribution is 2.16. The summed E-state index contributed by atoms with van der Waals surface area (Å²) in [6, 6.07) is 1.48. The van der Waals surface area contributed by atoms with Gasteiger partial charge in [0.05, 0.1) is 5.69 Å². The number of anilines is 2. The Morgan fingerprint density at radius 2 is 2.19 bits per heavy atom. The summed E-state index contributed by atoms with van der Waals surface area (Å²) >= 11 is 0. The Bertz CT molecular complexity index is 390. The van der Waals surface area contributed by atoms with Gasteiger partial charge in [0.2, 0.25) is 5.91 Å². The predicted octanol–water partition coefficient (Wildman–Crippen LogP) is 0.861. The number of amides is 1. The molecule has 1 unspecified atom stereocenters. The van der Waals surface area contributed by atoms with Gasteiger partial charge in [0.15, 0.2) is 0 Å². The van der Waals surface area contributed by atoms with Crippen molar-refractivity contribution in [1.82, 2.24) is 9.88 Å². The second kappa shape index (κ2) is 4.83. The quantitative estimate of drug-likeness (QED) is 0.795. The Hall–Kier alpha value is -1.78. The van der Waals surface area contributed by atoms with Crippen LogP contribution in [-0.2, 0) is 4.79 Å². The lowest BCUT2D eigenvalue weighted by Crippen LogP contribution is -2.37. The molecule has 0 radical (unpaired) electrons. The summed E-state index contributed by atoms with van der Waals surface area (Å²) in [6.07, 6.45) is 1.71. The maximum absolute atomic E-state index is 11.6. The number of rotatable bonds is 3. The van der Waals surface area contributed by atoms with Gasteiger partial charge in [-0.25, -0.2) is 4.98 Å². The van der Waals surface area contributed by atoms with Gasteiger partial charge in [-0.1, -0.05) is 0 Å². The minimum atomic E-state index is -0.340. The summed E-state index contributed by atoms with van der Waals surface area (Å²) < 4.78 is 0. The Kier molecular flexibility index (Phi) is 3.71. The van der Waals surface area contributed by atoms with E-state index in [-0.39, 0.29) is 11.9 Å². The summed E-state index contributed by atoms with van der Waals surface area (Å²) in [5.41, 5.74) is 7.35. The van der Waals surface area contributed by atoms with Gasteiger partial charge in [-0.3, -0.25) is 4.79 Å². The third-order valence-electron chi connectivity index (χ3n) is 2.22. The number of nitrogen functional groups attached to an aromatic ring is 1. The highest BCUT2D eigenvalue weighted by atomic mass is 16.2. The smallest absolute Gasteiger partial charge is 0.244 e. The number of nitrogens with one attached hydrogen (secondary N) is 1. The van der Waals surface area contributed by atoms with Gasteiger partial charge in [-0.05, 0) is 25.5 Å². The van der Waals surface area contributed by atoms with Crippen LogP contribution in [0, 0.1) is 6.92 Å². The van der Waals surface area contributed by atoms with Crippen molar-refractivity contribution in [2.75, 3.05) is 25.1 Å². The monoisotopic (exact) mass is 222 g/mol. The Labute approximate surface area is 95.7 Å². The van der Waals surface area contributed by atoms with Crippen molar-refractivity contribution in [3.63, 3.8) is 0 Å². The summed E-state index contributed by atoms with van der Waals surface area (Å²) in [5, 5.41) is 2.99. The van der Waals surface area contributed by atoms with Crippen LogP contribution >= 0.6 is 0 Å². The molecule has 0 aliphatic rings. The number of carbonyl (C=O) groups excluding carboxylic acids is 1. The van der Waals surface area contributed by atoms with Crippen LogP contribution in [0.2, 0.25) is 0 Å². The van der Waals surface area contributed by atoms with E-state index in [9.17, 15) is 4.79 Å². The maximum atomic E-state index is 11.6. The van der Waals surface area contributed by atoms with Crippen LogP contribution in [0.15, 0.2) is 12.3 Å². The van der Waals surface area contributed by atoms with E-state index in [1.165, 1.54) is 4.90 Å². The van der Waals surface area contributed by atoms with Crippen LogP contribution in [0.25, 0.3) is 0 Å². The summed E-state index contributed by atoms with van der Waals surface area (Å²) in [5.74, 6) is 0.537. The Balaban J connectivity index is 2.77.